The van der Waals surface area contributed by atoms with Crippen molar-refractivity contribution >= 4 is 29.2 Å². The fraction of sp³-hybridized carbons (Fsp3) is 0.0455. The number of carbonyl (C=O) groups excluding carboxylic acids is 2. The Kier molecular flexibility index (Phi) is 5.69. The van der Waals surface area contributed by atoms with Crippen molar-refractivity contribution < 1.29 is 23.9 Å². The lowest BCUT2D eigenvalue weighted by Gasteiger charge is -2.13. The number of halogens is 1. The van der Waals surface area contributed by atoms with Gasteiger partial charge in [-0.1, -0.05) is 30.3 Å². The van der Waals surface area contributed by atoms with Gasteiger partial charge in [0.25, 0.3) is 11.8 Å². The Morgan fingerprint density at radius 2 is 1.34 bits per heavy atom. The zero-order chi connectivity index (χ0) is 21.0. The molecule has 0 unspecified atom stereocenters. The van der Waals surface area contributed by atoms with Gasteiger partial charge in [-0.25, -0.2) is 9.18 Å². The molecule has 0 aliphatic rings. The summed E-state index contributed by atoms with van der Waals surface area (Å²) in [6.07, 6.45) is 0. The Bertz CT molecular complexity index is 1110. The minimum atomic E-state index is -1.18. The molecular weight excluding hydrogens is 375 g/mol. The summed E-state index contributed by atoms with van der Waals surface area (Å²) in [4.78, 5) is 36.6. The summed E-state index contributed by atoms with van der Waals surface area (Å²) in [7, 11) is 0. The molecule has 0 radical (unpaired) electrons. The van der Waals surface area contributed by atoms with Gasteiger partial charge in [0.05, 0.1) is 28.1 Å². The second-order valence-corrected chi connectivity index (χ2v) is 6.29. The van der Waals surface area contributed by atoms with E-state index in [-0.39, 0.29) is 28.1 Å². The molecule has 7 heteroatoms. The highest BCUT2D eigenvalue weighted by Gasteiger charge is 2.18. The van der Waals surface area contributed by atoms with Crippen LogP contribution in [0.25, 0.3) is 0 Å². The molecule has 3 N–H and O–H groups in total. The molecule has 2 amide bonds. The van der Waals surface area contributed by atoms with Gasteiger partial charge in [0, 0.05) is 0 Å². The van der Waals surface area contributed by atoms with E-state index in [2.05, 4.69) is 10.6 Å². The van der Waals surface area contributed by atoms with Crippen molar-refractivity contribution in [3.8, 4) is 0 Å². The lowest BCUT2D eigenvalue weighted by atomic mass is 10.1. The highest BCUT2D eigenvalue weighted by Crippen LogP contribution is 2.22. The number of hydrogen-bond acceptors (Lipinski definition) is 3. The SMILES string of the molecule is Cc1ccc(C(=O)O)c(NC(=O)c2ccccc2NC(=O)c2ccccc2F)c1. The van der Waals surface area contributed by atoms with Crippen molar-refractivity contribution in [3.05, 3.63) is 94.8 Å². The van der Waals surface area contributed by atoms with Gasteiger partial charge in [0.2, 0.25) is 0 Å². The lowest BCUT2D eigenvalue weighted by molar-refractivity contribution is 0.0697. The van der Waals surface area contributed by atoms with Crippen molar-refractivity contribution in [1.82, 2.24) is 0 Å². The van der Waals surface area contributed by atoms with Crippen molar-refractivity contribution in [1.29, 1.82) is 0 Å². The van der Waals surface area contributed by atoms with E-state index in [0.717, 1.165) is 5.56 Å². The van der Waals surface area contributed by atoms with Crippen LogP contribution in [0.2, 0.25) is 0 Å². The summed E-state index contributed by atoms with van der Waals surface area (Å²) in [5.74, 6) is -3.17. The van der Waals surface area contributed by atoms with Gasteiger partial charge < -0.3 is 15.7 Å². The first kappa shape index (κ1) is 19.8. The Hall–Kier alpha value is -4.00. The highest BCUT2D eigenvalue weighted by molar-refractivity contribution is 6.13. The van der Waals surface area contributed by atoms with E-state index in [1.807, 2.05) is 0 Å². The molecule has 0 spiro atoms. The van der Waals surface area contributed by atoms with Crippen LogP contribution in [0.1, 0.15) is 36.6 Å². The molecule has 0 saturated carbocycles. The molecule has 146 valence electrons. The number of carboxylic acid groups (broad SMARTS) is 1. The Balaban J connectivity index is 1.89. The minimum absolute atomic E-state index is 0.0585. The minimum Gasteiger partial charge on any atom is -0.478 e. The second-order valence-electron chi connectivity index (χ2n) is 6.29. The normalized spacial score (nSPS) is 10.3. The van der Waals surface area contributed by atoms with Crippen LogP contribution < -0.4 is 10.6 Å². The van der Waals surface area contributed by atoms with Crippen LogP contribution >= 0.6 is 0 Å². The number of benzene rings is 3. The van der Waals surface area contributed by atoms with E-state index in [9.17, 15) is 23.9 Å². The standard InChI is InChI=1S/C22H17FN2O4/c1-13-10-11-16(22(28)29)19(12-13)25-21(27)15-7-3-5-9-18(15)24-20(26)14-6-2-4-8-17(14)23/h2-12H,1H3,(H,24,26)(H,25,27)(H,28,29). The number of rotatable bonds is 5. The van der Waals surface area contributed by atoms with Gasteiger partial charge in [0.1, 0.15) is 5.82 Å². The first-order valence-corrected chi connectivity index (χ1v) is 8.67. The first-order chi connectivity index (χ1) is 13.9. The molecule has 0 aromatic heterocycles. The van der Waals surface area contributed by atoms with Gasteiger partial charge in [-0.2, -0.15) is 0 Å². The number of aromatic carboxylic acids is 1. The predicted molar refractivity (Wildman–Crippen MR) is 107 cm³/mol. The fourth-order valence-corrected chi connectivity index (χ4v) is 2.76. The molecule has 0 heterocycles. The van der Waals surface area contributed by atoms with E-state index in [1.165, 1.54) is 42.5 Å². The predicted octanol–water partition coefficient (Wildman–Crippen LogP) is 4.34. The summed E-state index contributed by atoms with van der Waals surface area (Å²) < 4.78 is 13.9. The topological polar surface area (TPSA) is 95.5 Å². The molecule has 0 bridgehead atoms. The van der Waals surface area contributed by atoms with E-state index < -0.39 is 23.6 Å². The summed E-state index contributed by atoms with van der Waals surface area (Å²) in [6, 6.07) is 16.3. The average molecular weight is 392 g/mol. The Morgan fingerprint density at radius 1 is 0.759 bits per heavy atom. The second kappa shape index (κ2) is 8.35. The highest BCUT2D eigenvalue weighted by atomic mass is 19.1. The van der Waals surface area contributed by atoms with Crippen LogP contribution in [0.5, 0.6) is 0 Å². The largest absolute Gasteiger partial charge is 0.478 e. The van der Waals surface area contributed by atoms with Gasteiger partial charge in [-0.15, -0.1) is 0 Å². The van der Waals surface area contributed by atoms with Crippen LogP contribution in [-0.2, 0) is 0 Å². The zero-order valence-electron chi connectivity index (χ0n) is 15.4. The van der Waals surface area contributed by atoms with Gasteiger partial charge in [-0.05, 0) is 48.9 Å². The molecule has 0 aliphatic carbocycles. The molecule has 0 saturated heterocycles. The Labute approximate surface area is 166 Å². The van der Waals surface area contributed by atoms with Crippen LogP contribution in [0.4, 0.5) is 15.8 Å². The van der Waals surface area contributed by atoms with Crippen LogP contribution in [0.15, 0.2) is 66.7 Å². The molecule has 0 atom stereocenters. The molecule has 3 aromatic carbocycles. The molecular formula is C22H17FN2O4. The van der Waals surface area contributed by atoms with Crippen LogP contribution in [0, 0.1) is 12.7 Å². The average Bonchev–Trinajstić information content (AvgIpc) is 2.68. The summed E-state index contributed by atoms with van der Waals surface area (Å²) in [5.41, 5.74) is 0.966. The van der Waals surface area contributed by atoms with E-state index in [1.54, 1.807) is 31.2 Å². The third kappa shape index (κ3) is 4.47. The van der Waals surface area contributed by atoms with E-state index >= 15 is 0 Å². The number of carbonyl (C=O) groups is 3. The Morgan fingerprint density at radius 3 is 2.03 bits per heavy atom. The number of nitrogens with one attached hydrogen (secondary N) is 2. The number of anilines is 2. The molecule has 0 aliphatic heterocycles. The number of hydrogen-bond donors (Lipinski definition) is 3. The monoisotopic (exact) mass is 392 g/mol. The summed E-state index contributed by atoms with van der Waals surface area (Å²) >= 11 is 0. The number of amides is 2. The smallest absolute Gasteiger partial charge is 0.337 e. The van der Waals surface area contributed by atoms with Gasteiger partial charge >= 0.3 is 5.97 Å². The van der Waals surface area contributed by atoms with Crippen molar-refractivity contribution in [2.45, 2.75) is 6.92 Å². The van der Waals surface area contributed by atoms with E-state index in [0.29, 0.717) is 0 Å². The van der Waals surface area contributed by atoms with Gasteiger partial charge in [-0.3, -0.25) is 9.59 Å². The molecule has 3 rings (SSSR count). The van der Waals surface area contributed by atoms with Crippen LogP contribution in [0.3, 0.4) is 0 Å². The van der Waals surface area contributed by atoms with Crippen molar-refractivity contribution in [2.24, 2.45) is 0 Å². The summed E-state index contributed by atoms with van der Waals surface area (Å²) in [6.45, 7) is 1.77. The maximum Gasteiger partial charge on any atom is 0.337 e. The fourth-order valence-electron chi connectivity index (χ4n) is 2.76. The molecule has 6 nitrogen and oxygen atoms in total. The molecule has 3 aromatic rings. The molecule has 0 fully saturated rings. The molecule has 29 heavy (non-hydrogen) atoms. The zero-order valence-corrected chi connectivity index (χ0v) is 15.4. The number of aryl methyl sites for hydroxylation is 1. The van der Waals surface area contributed by atoms with Crippen LogP contribution in [-0.4, -0.2) is 22.9 Å². The quantitative estimate of drug-likeness (QED) is 0.602. The number of carboxylic acids is 1. The van der Waals surface area contributed by atoms with Crippen molar-refractivity contribution in [2.75, 3.05) is 10.6 Å². The third-order valence-corrected chi connectivity index (χ3v) is 4.19. The summed E-state index contributed by atoms with van der Waals surface area (Å²) in [5, 5.41) is 14.4. The lowest BCUT2D eigenvalue weighted by Crippen LogP contribution is -2.20. The first-order valence-electron chi connectivity index (χ1n) is 8.67. The van der Waals surface area contributed by atoms with Gasteiger partial charge in [0.15, 0.2) is 0 Å². The maximum atomic E-state index is 13.9. The maximum absolute atomic E-state index is 13.9. The van der Waals surface area contributed by atoms with E-state index in [4.69, 9.17) is 0 Å². The number of para-hydroxylation sites is 1. The third-order valence-electron chi connectivity index (χ3n) is 4.19. The van der Waals surface area contributed by atoms with Crippen molar-refractivity contribution in [3.63, 3.8) is 0 Å².